The van der Waals surface area contributed by atoms with Crippen LogP contribution in [0.5, 0.6) is 5.75 Å². The molecule has 0 aliphatic carbocycles. The van der Waals surface area contributed by atoms with Crippen LogP contribution >= 0.6 is 0 Å². The molecule has 3 heteroatoms. The maximum Gasteiger partial charge on any atom is 0.184 e. The average Bonchev–Trinajstić information content (AvgIpc) is 2.53. The number of allylic oxidation sites excluding steroid dienone is 2. The van der Waals surface area contributed by atoms with Gasteiger partial charge < -0.3 is 14.2 Å². The molecule has 0 amide bonds. The van der Waals surface area contributed by atoms with Gasteiger partial charge in [-0.3, -0.25) is 0 Å². The van der Waals surface area contributed by atoms with Crippen LogP contribution in [-0.2, 0) is 9.47 Å². The summed E-state index contributed by atoms with van der Waals surface area (Å²) in [6.45, 7) is 8.74. The zero-order chi connectivity index (χ0) is 15.2. The van der Waals surface area contributed by atoms with Crippen LogP contribution in [-0.4, -0.2) is 19.8 Å². The van der Waals surface area contributed by atoms with Gasteiger partial charge >= 0.3 is 0 Å². The summed E-state index contributed by atoms with van der Waals surface area (Å²) in [7, 11) is 1.66. The summed E-state index contributed by atoms with van der Waals surface area (Å²) < 4.78 is 17.2. The predicted octanol–water partition coefficient (Wildman–Crippen LogP) is 4.12. The zero-order valence-electron chi connectivity index (χ0n) is 13.0. The topological polar surface area (TPSA) is 27.7 Å². The lowest BCUT2D eigenvalue weighted by Gasteiger charge is -2.37. The first kappa shape index (κ1) is 15.8. The molecule has 114 valence electrons. The summed E-state index contributed by atoms with van der Waals surface area (Å²) >= 11 is 0. The van der Waals surface area contributed by atoms with E-state index in [2.05, 4.69) is 26.5 Å². The van der Waals surface area contributed by atoms with Crippen molar-refractivity contribution in [2.24, 2.45) is 11.8 Å². The summed E-state index contributed by atoms with van der Waals surface area (Å²) in [4.78, 5) is 0. The Bertz CT molecular complexity index is 478. The number of hydrogen-bond donors (Lipinski definition) is 0. The largest absolute Gasteiger partial charge is 0.497 e. The fraction of sp³-hybridized carbons (Fsp3) is 0.444. The molecule has 21 heavy (non-hydrogen) atoms. The van der Waals surface area contributed by atoms with Gasteiger partial charge in [0.05, 0.1) is 19.8 Å². The van der Waals surface area contributed by atoms with Crippen molar-refractivity contribution in [1.29, 1.82) is 0 Å². The molecule has 0 N–H and O–H groups in total. The van der Waals surface area contributed by atoms with Crippen LogP contribution in [0, 0.1) is 11.8 Å². The summed E-state index contributed by atoms with van der Waals surface area (Å²) in [6.07, 6.45) is 5.73. The molecule has 0 bridgehead atoms. The van der Waals surface area contributed by atoms with Gasteiger partial charge in [-0.2, -0.15) is 0 Å². The minimum absolute atomic E-state index is 0.141. The van der Waals surface area contributed by atoms with E-state index < -0.39 is 0 Å². The maximum absolute atomic E-state index is 6.17. The van der Waals surface area contributed by atoms with Crippen molar-refractivity contribution >= 4 is 0 Å². The van der Waals surface area contributed by atoms with Crippen molar-refractivity contribution in [3.8, 4) is 5.75 Å². The molecule has 1 aromatic carbocycles. The Labute approximate surface area is 127 Å². The van der Waals surface area contributed by atoms with Crippen LogP contribution in [0.15, 0.2) is 49.1 Å². The summed E-state index contributed by atoms with van der Waals surface area (Å²) in [5.74, 6) is 1.52. The van der Waals surface area contributed by atoms with E-state index in [9.17, 15) is 0 Å². The highest BCUT2D eigenvalue weighted by molar-refractivity contribution is 5.28. The highest BCUT2D eigenvalue weighted by atomic mass is 16.7. The van der Waals surface area contributed by atoms with Crippen molar-refractivity contribution in [3.05, 3.63) is 54.6 Å². The van der Waals surface area contributed by atoms with Crippen LogP contribution in [0.3, 0.4) is 0 Å². The monoisotopic (exact) mass is 288 g/mol. The van der Waals surface area contributed by atoms with Gasteiger partial charge in [0.1, 0.15) is 5.75 Å². The van der Waals surface area contributed by atoms with E-state index in [-0.39, 0.29) is 12.4 Å². The third-order valence-corrected chi connectivity index (χ3v) is 3.81. The molecule has 0 spiro atoms. The second kappa shape index (κ2) is 7.43. The highest BCUT2D eigenvalue weighted by Gasteiger charge is 2.32. The third-order valence-electron chi connectivity index (χ3n) is 3.81. The fourth-order valence-electron chi connectivity index (χ4n) is 2.59. The van der Waals surface area contributed by atoms with Crippen LogP contribution in [0.25, 0.3) is 0 Å². The molecule has 0 unspecified atom stereocenters. The second-order valence-corrected chi connectivity index (χ2v) is 5.50. The molecule has 1 fully saturated rings. The van der Waals surface area contributed by atoms with Crippen LogP contribution in [0.1, 0.15) is 25.7 Å². The Kier molecular flexibility index (Phi) is 5.59. The quantitative estimate of drug-likeness (QED) is 0.763. The van der Waals surface area contributed by atoms with Gasteiger partial charge in [0.25, 0.3) is 0 Å². The smallest absolute Gasteiger partial charge is 0.184 e. The van der Waals surface area contributed by atoms with Gasteiger partial charge in [-0.1, -0.05) is 50.8 Å². The van der Waals surface area contributed by atoms with Crippen molar-refractivity contribution in [3.63, 3.8) is 0 Å². The molecule has 0 saturated carbocycles. The lowest BCUT2D eigenvalue weighted by Crippen LogP contribution is -2.38. The van der Waals surface area contributed by atoms with E-state index >= 15 is 0 Å². The molecular weight excluding hydrogens is 264 g/mol. The van der Waals surface area contributed by atoms with Gasteiger partial charge in [0.15, 0.2) is 6.29 Å². The number of methoxy groups -OCH3 is 1. The fourth-order valence-corrected chi connectivity index (χ4v) is 2.59. The first-order valence-corrected chi connectivity index (χ1v) is 7.36. The van der Waals surface area contributed by atoms with Crippen molar-refractivity contribution in [2.75, 3.05) is 13.7 Å². The Morgan fingerprint density at radius 2 is 2.05 bits per heavy atom. The van der Waals surface area contributed by atoms with E-state index in [1.807, 2.05) is 30.3 Å². The van der Waals surface area contributed by atoms with E-state index in [4.69, 9.17) is 14.2 Å². The SMILES string of the molecule is C=C/C=C/[C@H](C)[C@@H]1O[C@H](c2ccc(OC)cc2)OC[C@@H]1C. The van der Waals surface area contributed by atoms with Gasteiger partial charge in [0.2, 0.25) is 0 Å². The molecule has 1 aliphatic heterocycles. The zero-order valence-corrected chi connectivity index (χ0v) is 13.0. The van der Waals surface area contributed by atoms with Gasteiger partial charge in [-0.15, -0.1) is 0 Å². The Morgan fingerprint density at radius 1 is 1.33 bits per heavy atom. The minimum atomic E-state index is -0.309. The number of hydrogen-bond acceptors (Lipinski definition) is 3. The first-order valence-electron chi connectivity index (χ1n) is 7.36. The third kappa shape index (κ3) is 3.96. The standard InChI is InChI=1S/C18H24O3/c1-5-6-7-13(2)17-14(3)12-20-18(21-17)15-8-10-16(19-4)11-9-15/h5-11,13-14,17-18H,1,12H2,2-4H3/b7-6+/t13-,14-,17-,18+/m0/s1. The number of rotatable bonds is 5. The normalized spacial score (nSPS) is 27.5. The molecular formula is C18H24O3. The van der Waals surface area contributed by atoms with Crippen LogP contribution in [0.2, 0.25) is 0 Å². The molecule has 0 aromatic heterocycles. The van der Waals surface area contributed by atoms with Gasteiger partial charge in [-0.25, -0.2) is 0 Å². The van der Waals surface area contributed by atoms with E-state index in [1.54, 1.807) is 13.2 Å². The van der Waals surface area contributed by atoms with Crippen LogP contribution in [0.4, 0.5) is 0 Å². The van der Waals surface area contributed by atoms with Crippen molar-refractivity contribution in [2.45, 2.75) is 26.2 Å². The predicted molar refractivity (Wildman–Crippen MR) is 84.2 cm³/mol. The molecule has 4 atom stereocenters. The Balaban J connectivity index is 2.08. The molecule has 0 radical (unpaired) electrons. The molecule has 1 saturated heterocycles. The van der Waals surface area contributed by atoms with Crippen LogP contribution < -0.4 is 4.74 Å². The lowest BCUT2D eigenvalue weighted by molar-refractivity contribution is -0.245. The molecule has 1 aliphatic rings. The number of benzene rings is 1. The molecule has 3 nitrogen and oxygen atoms in total. The van der Waals surface area contributed by atoms with E-state index in [0.717, 1.165) is 11.3 Å². The van der Waals surface area contributed by atoms with E-state index in [1.165, 1.54) is 0 Å². The lowest BCUT2D eigenvalue weighted by atomic mass is 9.92. The summed E-state index contributed by atoms with van der Waals surface area (Å²) in [6, 6.07) is 7.83. The molecule has 1 heterocycles. The summed E-state index contributed by atoms with van der Waals surface area (Å²) in [5, 5.41) is 0. The van der Waals surface area contributed by atoms with Crippen molar-refractivity contribution < 1.29 is 14.2 Å². The molecule has 2 rings (SSSR count). The Morgan fingerprint density at radius 3 is 2.67 bits per heavy atom. The van der Waals surface area contributed by atoms with Gasteiger partial charge in [-0.05, 0) is 12.1 Å². The maximum atomic E-state index is 6.17. The number of ether oxygens (including phenoxy) is 3. The van der Waals surface area contributed by atoms with E-state index in [0.29, 0.717) is 18.4 Å². The second-order valence-electron chi connectivity index (χ2n) is 5.50. The average molecular weight is 288 g/mol. The highest BCUT2D eigenvalue weighted by Crippen LogP contribution is 2.33. The van der Waals surface area contributed by atoms with Gasteiger partial charge in [0, 0.05) is 17.4 Å². The summed E-state index contributed by atoms with van der Waals surface area (Å²) in [5.41, 5.74) is 1.02. The Hall–Kier alpha value is -1.58. The minimum Gasteiger partial charge on any atom is -0.497 e. The first-order chi connectivity index (χ1) is 10.2. The molecule has 1 aromatic rings. The van der Waals surface area contributed by atoms with Crippen molar-refractivity contribution in [1.82, 2.24) is 0 Å².